The van der Waals surface area contributed by atoms with Crippen LogP contribution in [0.15, 0.2) is 18.3 Å². The molecule has 0 spiro atoms. The standard InChI is InChI=1S/C13H17N3O2S/c1-9(17)19-10-7-12(18)16(8-10)11-5-4-6-14-13(11)15(2)3/h4-6,10H,7-8H2,1-3H3. The molecule has 2 rings (SSSR count). The van der Waals surface area contributed by atoms with Gasteiger partial charge in [0.2, 0.25) is 5.91 Å². The third-order valence-corrected chi connectivity index (χ3v) is 3.88. The first-order chi connectivity index (χ1) is 8.99. The molecule has 0 aliphatic carbocycles. The van der Waals surface area contributed by atoms with Crippen LogP contribution in [-0.4, -0.2) is 41.9 Å². The molecular formula is C13H17N3O2S. The fraction of sp³-hybridized carbons (Fsp3) is 0.462. The molecule has 1 atom stereocenters. The fourth-order valence-electron chi connectivity index (χ4n) is 2.17. The van der Waals surface area contributed by atoms with Crippen molar-refractivity contribution < 1.29 is 9.59 Å². The van der Waals surface area contributed by atoms with E-state index < -0.39 is 0 Å². The lowest BCUT2D eigenvalue weighted by atomic mass is 10.3. The van der Waals surface area contributed by atoms with Crippen molar-refractivity contribution in [2.75, 3.05) is 30.4 Å². The molecule has 0 aromatic carbocycles. The maximum atomic E-state index is 12.1. The van der Waals surface area contributed by atoms with E-state index in [1.54, 1.807) is 11.1 Å². The van der Waals surface area contributed by atoms with E-state index >= 15 is 0 Å². The van der Waals surface area contributed by atoms with Crippen LogP contribution in [0.4, 0.5) is 11.5 Å². The maximum absolute atomic E-state index is 12.1. The average molecular weight is 279 g/mol. The Labute approximate surface area is 117 Å². The zero-order valence-electron chi connectivity index (χ0n) is 11.3. The second-order valence-electron chi connectivity index (χ2n) is 4.68. The topological polar surface area (TPSA) is 53.5 Å². The van der Waals surface area contributed by atoms with Gasteiger partial charge in [0.15, 0.2) is 10.9 Å². The Balaban J connectivity index is 2.23. The van der Waals surface area contributed by atoms with E-state index in [4.69, 9.17) is 0 Å². The van der Waals surface area contributed by atoms with Gasteiger partial charge in [-0.05, 0) is 12.1 Å². The van der Waals surface area contributed by atoms with Crippen molar-refractivity contribution >= 4 is 34.3 Å². The predicted molar refractivity (Wildman–Crippen MR) is 77.6 cm³/mol. The molecular weight excluding hydrogens is 262 g/mol. The number of aromatic nitrogens is 1. The maximum Gasteiger partial charge on any atom is 0.228 e. The summed E-state index contributed by atoms with van der Waals surface area (Å²) in [7, 11) is 3.79. The Hall–Kier alpha value is -1.56. The minimum atomic E-state index is 0.0419. The van der Waals surface area contributed by atoms with Crippen molar-refractivity contribution in [3.63, 3.8) is 0 Å². The number of carbonyl (C=O) groups excluding carboxylic acids is 2. The molecule has 0 bridgehead atoms. The number of thioether (sulfide) groups is 1. The van der Waals surface area contributed by atoms with E-state index in [-0.39, 0.29) is 16.3 Å². The molecule has 102 valence electrons. The minimum absolute atomic E-state index is 0.0419. The molecule has 5 nitrogen and oxygen atoms in total. The first-order valence-electron chi connectivity index (χ1n) is 6.09. The third-order valence-electron chi connectivity index (χ3n) is 2.90. The van der Waals surface area contributed by atoms with Gasteiger partial charge in [-0.3, -0.25) is 9.59 Å². The van der Waals surface area contributed by atoms with Gasteiger partial charge in [-0.25, -0.2) is 4.98 Å². The highest BCUT2D eigenvalue weighted by atomic mass is 32.2. The van der Waals surface area contributed by atoms with Gasteiger partial charge in [0.25, 0.3) is 0 Å². The molecule has 0 radical (unpaired) electrons. The van der Waals surface area contributed by atoms with Gasteiger partial charge >= 0.3 is 0 Å². The highest BCUT2D eigenvalue weighted by Crippen LogP contribution is 2.32. The smallest absolute Gasteiger partial charge is 0.228 e. The van der Waals surface area contributed by atoms with Crippen LogP contribution in [0.1, 0.15) is 13.3 Å². The lowest BCUT2D eigenvalue weighted by Gasteiger charge is -2.22. The summed E-state index contributed by atoms with van der Waals surface area (Å²) in [6.45, 7) is 2.10. The molecule has 1 aromatic rings. The fourth-order valence-corrected chi connectivity index (χ4v) is 3.08. The second kappa shape index (κ2) is 5.61. The number of rotatable bonds is 3. The van der Waals surface area contributed by atoms with Crippen LogP contribution in [0.25, 0.3) is 0 Å². The molecule has 2 heterocycles. The summed E-state index contributed by atoms with van der Waals surface area (Å²) in [4.78, 5) is 31.1. The second-order valence-corrected chi connectivity index (χ2v) is 6.16. The van der Waals surface area contributed by atoms with Crippen LogP contribution in [0.5, 0.6) is 0 Å². The van der Waals surface area contributed by atoms with Crippen LogP contribution in [-0.2, 0) is 9.59 Å². The molecule has 1 amide bonds. The average Bonchev–Trinajstić information content (AvgIpc) is 2.69. The van der Waals surface area contributed by atoms with Crippen LogP contribution < -0.4 is 9.80 Å². The Bertz CT molecular complexity index is 504. The quantitative estimate of drug-likeness (QED) is 0.840. The number of amides is 1. The van der Waals surface area contributed by atoms with E-state index in [0.717, 1.165) is 11.5 Å². The Morgan fingerprint density at radius 1 is 1.53 bits per heavy atom. The van der Waals surface area contributed by atoms with Gasteiger partial charge in [0, 0.05) is 45.4 Å². The lowest BCUT2D eigenvalue weighted by Crippen LogP contribution is -2.27. The monoisotopic (exact) mass is 279 g/mol. The van der Waals surface area contributed by atoms with Gasteiger partial charge in [0.1, 0.15) is 0 Å². The van der Waals surface area contributed by atoms with E-state index in [1.807, 2.05) is 31.1 Å². The first kappa shape index (κ1) is 13.9. The molecule has 1 aliphatic heterocycles. The van der Waals surface area contributed by atoms with Crippen LogP contribution in [0.2, 0.25) is 0 Å². The molecule has 0 N–H and O–H groups in total. The summed E-state index contributed by atoms with van der Waals surface area (Å²) >= 11 is 1.24. The Kier molecular flexibility index (Phi) is 4.09. The van der Waals surface area contributed by atoms with Gasteiger partial charge < -0.3 is 9.80 Å². The number of nitrogens with zero attached hydrogens (tertiary/aromatic N) is 3. The normalized spacial score (nSPS) is 18.8. The van der Waals surface area contributed by atoms with Crippen molar-refractivity contribution in [1.82, 2.24) is 4.98 Å². The van der Waals surface area contributed by atoms with E-state index in [1.165, 1.54) is 18.7 Å². The van der Waals surface area contributed by atoms with Gasteiger partial charge in [-0.2, -0.15) is 0 Å². The largest absolute Gasteiger partial charge is 0.361 e. The zero-order chi connectivity index (χ0) is 14.0. The lowest BCUT2D eigenvalue weighted by molar-refractivity contribution is -0.117. The third kappa shape index (κ3) is 3.07. The van der Waals surface area contributed by atoms with Gasteiger partial charge in [-0.15, -0.1) is 0 Å². The predicted octanol–water partition coefficient (Wildman–Crippen LogP) is 1.53. The zero-order valence-corrected chi connectivity index (χ0v) is 12.1. The molecule has 1 unspecified atom stereocenters. The number of carbonyl (C=O) groups is 2. The molecule has 1 saturated heterocycles. The molecule has 1 aliphatic rings. The van der Waals surface area contributed by atoms with Crippen LogP contribution >= 0.6 is 11.8 Å². The number of anilines is 2. The van der Waals surface area contributed by atoms with Gasteiger partial charge in [-0.1, -0.05) is 11.8 Å². The van der Waals surface area contributed by atoms with Crippen molar-refractivity contribution in [3.8, 4) is 0 Å². The molecule has 6 heteroatoms. The molecule has 19 heavy (non-hydrogen) atoms. The summed E-state index contributed by atoms with van der Waals surface area (Å²) in [5.74, 6) is 0.819. The van der Waals surface area contributed by atoms with Crippen molar-refractivity contribution in [2.24, 2.45) is 0 Å². The summed E-state index contributed by atoms with van der Waals surface area (Å²) in [5.41, 5.74) is 0.809. The highest BCUT2D eigenvalue weighted by molar-refractivity contribution is 8.14. The Morgan fingerprint density at radius 2 is 2.26 bits per heavy atom. The van der Waals surface area contributed by atoms with E-state index in [9.17, 15) is 9.59 Å². The highest BCUT2D eigenvalue weighted by Gasteiger charge is 2.33. The summed E-state index contributed by atoms with van der Waals surface area (Å²) < 4.78 is 0. The van der Waals surface area contributed by atoms with Crippen molar-refractivity contribution in [3.05, 3.63) is 18.3 Å². The first-order valence-corrected chi connectivity index (χ1v) is 6.97. The van der Waals surface area contributed by atoms with Crippen LogP contribution in [0, 0.1) is 0 Å². The number of pyridine rings is 1. The molecule has 1 fully saturated rings. The van der Waals surface area contributed by atoms with Crippen molar-refractivity contribution in [1.29, 1.82) is 0 Å². The van der Waals surface area contributed by atoms with Crippen LogP contribution in [0.3, 0.4) is 0 Å². The minimum Gasteiger partial charge on any atom is -0.361 e. The van der Waals surface area contributed by atoms with Gasteiger partial charge in [0.05, 0.1) is 5.69 Å². The number of hydrogen-bond donors (Lipinski definition) is 0. The van der Waals surface area contributed by atoms with E-state index in [2.05, 4.69) is 4.98 Å². The number of hydrogen-bond acceptors (Lipinski definition) is 5. The summed E-state index contributed by atoms with van der Waals surface area (Å²) in [5, 5.41) is 0.0962. The molecule has 1 aromatic heterocycles. The summed E-state index contributed by atoms with van der Waals surface area (Å²) in [6.07, 6.45) is 2.12. The SMILES string of the molecule is CC(=O)SC1CC(=O)N(c2cccnc2N(C)C)C1. The van der Waals surface area contributed by atoms with E-state index in [0.29, 0.717) is 13.0 Å². The van der Waals surface area contributed by atoms with Crippen molar-refractivity contribution in [2.45, 2.75) is 18.6 Å². The molecule has 0 saturated carbocycles. The summed E-state index contributed by atoms with van der Waals surface area (Å²) in [6, 6.07) is 3.71. The Morgan fingerprint density at radius 3 is 2.89 bits per heavy atom.